The zero-order chi connectivity index (χ0) is 20.3. The second kappa shape index (κ2) is 8.96. The Bertz CT molecular complexity index is 992. The van der Waals surface area contributed by atoms with Crippen LogP contribution in [0.15, 0.2) is 45.3 Å². The number of benzene rings is 2. The van der Waals surface area contributed by atoms with Gasteiger partial charge in [-0.15, -0.1) is 0 Å². The van der Waals surface area contributed by atoms with Crippen LogP contribution in [0.2, 0.25) is 0 Å². The fourth-order valence-electron chi connectivity index (χ4n) is 2.97. The molecule has 0 atom stereocenters. The summed E-state index contributed by atoms with van der Waals surface area (Å²) in [6, 6.07) is 9.45. The molecule has 3 aromatic rings. The lowest BCUT2D eigenvalue weighted by Crippen LogP contribution is -2.18. The molecular formula is C20H19BrF2N2O2S. The number of alkyl halides is 1. The number of furan rings is 1. The average Bonchev–Trinajstić information content (AvgIpc) is 3.06. The van der Waals surface area contributed by atoms with Crippen LogP contribution in [0.1, 0.15) is 16.8 Å². The van der Waals surface area contributed by atoms with Gasteiger partial charge in [-0.05, 0) is 52.7 Å². The van der Waals surface area contributed by atoms with Crippen LogP contribution in [0, 0.1) is 5.82 Å². The lowest BCUT2D eigenvalue weighted by atomic mass is 10.0. The van der Waals surface area contributed by atoms with Crippen molar-refractivity contribution in [2.75, 3.05) is 30.8 Å². The topological polar surface area (TPSA) is 45.5 Å². The van der Waals surface area contributed by atoms with Gasteiger partial charge in [-0.2, -0.15) is 0 Å². The predicted molar refractivity (Wildman–Crippen MR) is 114 cm³/mol. The molecule has 4 nitrogen and oxygen atoms in total. The van der Waals surface area contributed by atoms with Crippen LogP contribution in [0.25, 0.3) is 22.3 Å². The predicted octanol–water partition coefficient (Wildman–Crippen LogP) is 5.81. The molecule has 0 fully saturated rings. The van der Waals surface area contributed by atoms with E-state index in [0.29, 0.717) is 40.8 Å². The molecule has 0 radical (unpaired) electrons. The molecule has 0 saturated heterocycles. The summed E-state index contributed by atoms with van der Waals surface area (Å²) < 4.78 is 34.7. The third kappa shape index (κ3) is 4.03. The molecule has 1 heterocycles. The van der Waals surface area contributed by atoms with Crippen LogP contribution in [0.3, 0.4) is 0 Å². The highest BCUT2D eigenvalue weighted by atomic mass is 79.9. The minimum absolute atomic E-state index is 0.295. The summed E-state index contributed by atoms with van der Waals surface area (Å²) in [6.07, 6.45) is 2.32. The van der Waals surface area contributed by atoms with Crippen molar-refractivity contribution in [2.45, 2.75) is 6.42 Å². The van der Waals surface area contributed by atoms with Gasteiger partial charge in [0, 0.05) is 41.3 Å². The molecule has 3 rings (SSSR count). The van der Waals surface area contributed by atoms with E-state index in [1.54, 1.807) is 19.2 Å². The zero-order valence-corrected chi connectivity index (χ0v) is 17.8. The van der Waals surface area contributed by atoms with Gasteiger partial charge < -0.3 is 14.0 Å². The van der Waals surface area contributed by atoms with Crippen molar-refractivity contribution in [1.29, 1.82) is 0 Å². The number of hydrogen-bond acceptors (Lipinski definition) is 4. The second-order valence-electron chi connectivity index (χ2n) is 6.02. The van der Waals surface area contributed by atoms with Crippen LogP contribution in [0.4, 0.5) is 14.5 Å². The Morgan fingerprint density at radius 3 is 2.61 bits per heavy atom. The summed E-state index contributed by atoms with van der Waals surface area (Å²) in [7, 11) is 1.55. The van der Waals surface area contributed by atoms with Gasteiger partial charge in [-0.3, -0.25) is 9.18 Å². The summed E-state index contributed by atoms with van der Waals surface area (Å²) in [5.41, 5.74) is 2.34. The van der Waals surface area contributed by atoms with Gasteiger partial charge in [0.25, 0.3) is 5.91 Å². The van der Waals surface area contributed by atoms with Gasteiger partial charge in [0.05, 0.1) is 17.9 Å². The van der Waals surface area contributed by atoms with Crippen LogP contribution < -0.4 is 9.62 Å². The lowest BCUT2D eigenvalue weighted by Gasteiger charge is -2.22. The summed E-state index contributed by atoms with van der Waals surface area (Å²) >= 11 is 5.04. The summed E-state index contributed by atoms with van der Waals surface area (Å²) in [4.78, 5) is 12.6. The molecular weight excluding hydrogens is 450 g/mol. The molecule has 1 amide bonds. The van der Waals surface area contributed by atoms with E-state index in [0.717, 1.165) is 10.2 Å². The van der Waals surface area contributed by atoms with E-state index in [1.165, 1.54) is 24.1 Å². The van der Waals surface area contributed by atoms with Crippen molar-refractivity contribution in [2.24, 2.45) is 0 Å². The SMILES string of the molecule is CNC(=O)c1c(-c2ccc(F)cc2)oc2cc(N(CCCF)SC)c(Br)cc12. The summed E-state index contributed by atoms with van der Waals surface area (Å²) in [5, 5.41) is 3.27. The molecule has 0 aliphatic carbocycles. The minimum atomic E-state index is -0.396. The Morgan fingerprint density at radius 1 is 1.29 bits per heavy atom. The molecule has 1 N–H and O–H groups in total. The first-order valence-corrected chi connectivity index (χ1v) is 10.6. The molecule has 0 saturated carbocycles. The summed E-state index contributed by atoms with van der Waals surface area (Å²) in [6.45, 7) is 0.142. The van der Waals surface area contributed by atoms with Crippen molar-refractivity contribution in [3.05, 3.63) is 52.3 Å². The maximum absolute atomic E-state index is 13.3. The Labute approximate surface area is 174 Å². The van der Waals surface area contributed by atoms with E-state index in [4.69, 9.17) is 4.42 Å². The fourth-order valence-corrected chi connectivity index (χ4v) is 4.30. The summed E-state index contributed by atoms with van der Waals surface area (Å²) in [5.74, 6) is -0.287. The molecule has 0 aliphatic rings. The van der Waals surface area contributed by atoms with E-state index < -0.39 is 6.67 Å². The Balaban J connectivity index is 2.19. The molecule has 1 aromatic heterocycles. The molecule has 0 aliphatic heterocycles. The fraction of sp³-hybridized carbons (Fsp3) is 0.250. The molecule has 0 spiro atoms. The monoisotopic (exact) mass is 468 g/mol. The maximum atomic E-state index is 13.3. The zero-order valence-electron chi connectivity index (χ0n) is 15.4. The van der Waals surface area contributed by atoms with Crippen molar-refractivity contribution in [1.82, 2.24) is 5.32 Å². The highest BCUT2D eigenvalue weighted by molar-refractivity contribution is 9.10. The van der Waals surface area contributed by atoms with Gasteiger partial charge in [0.1, 0.15) is 17.2 Å². The van der Waals surface area contributed by atoms with Crippen LogP contribution in [-0.2, 0) is 0 Å². The van der Waals surface area contributed by atoms with Crippen molar-refractivity contribution < 1.29 is 18.0 Å². The standard InChI is InChI=1S/C20H19BrF2N2O2S/c1-24-20(26)18-14-10-15(21)16(25(28-2)9-3-8-22)11-17(14)27-19(18)12-4-6-13(23)7-5-12/h4-7,10-11H,3,8-9H2,1-2H3,(H,24,26). The Hall–Kier alpha value is -2.06. The maximum Gasteiger partial charge on any atom is 0.255 e. The first kappa shape index (κ1) is 20.7. The van der Waals surface area contributed by atoms with E-state index in [9.17, 15) is 13.6 Å². The Kier molecular flexibility index (Phi) is 6.61. The number of nitrogens with one attached hydrogen (secondary N) is 1. The number of anilines is 1. The third-order valence-electron chi connectivity index (χ3n) is 4.30. The first-order chi connectivity index (χ1) is 13.5. The number of hydrogen-bond donors (Lipinski definition) is 1. The van der Waals surface area contributed by atoms with E-state index in [2.05, 4.69) is 21.2 Å². The van der Waals surface area contributed by atoms with Gasteiger partial charge in [0.15, 0.2) is 0 Å². The molecule has 148 valence electrons. The van der Waals surface area contributed by atoms with E-state index in [-0.39, 0.29) is 11.7 Å². The van der Waals surface area contributed by atoms with Crippen LogP contribution in [-0.4, -0.2) is 32.4 Å². The van der Waals surface area contributed by atoms with Gasteiger partial charge >= 0.3 is 0 Å². The van der Waals surface area contributed by atoms with Crippen molar-refractivity contribution in [3.8, 4) is 11.3 Å². The van der Waals surface area contributed by atoms with Crippen LogP contribution >= 0.6 is 27.9 Å². The molecule has 2 aromatic carbocycles. The Morgan fingerprint density at radius 2 is 2.00 bits per heavy atom. The molecule has 28 heavy (non-hydrogen) atoms. The van der Waals surface area contributed by atoms with Crippen molar-refractivity contribution in [3.63, 3.8) is 0 Å². The van der Waals surface area contributed by atoms with Gasteiger partial charge in [0.2, 0.25) is 0 Å². The second-order valence-corrected chi connectivity index (χ2v) is 7.68. The molecule has 8 heteroatoms. The molecule has 0 unspecified atom stereocenters. The largest absolute Gasteiger partial charge is 0.455 e. The van der Waals surface area contributed by atoms with E-state index >= 15 is 0 Å². The first-order valence-electron chi connectivity index (χ1n) is 8.61. The average molecular weight is 469 g/mol. The van der Waals surface area contributed by atoms with Gasteiger partial charge in [-0.25, -0.2) is 4.39 Å². The number of carbonyl (C=O) groups excluding carboxylic acids is 1. The normalized spacial score (nSPS) is 11.0. The number of amides is 1. The highest BCUT2D eigenvalue weighted by Crippen LogP contribution is 2.40. The smallest absolute Gasteiger partial charge is 0.255 e. The number of fused-ring (bicyclic) bond motifs is 1. The van der Waals surface area contributed by atoms with Gasteiger partial charge in [-0.1, -0.05) is 11.9 Å². The number of rotatable bonds is 7. The minimum Gasteiger partial charge on any atom is -0.455 e. The number of nitrogens with zero attached hydrogens (tertiary/aromatic N) is 1. The van der Waals surface area contributed by atoms with Crippen LogP contribution in [0.5, 0.6) is 0 Å². The molecule has 0 bridgehead atoms. The quantitative estimate of drug-likeness (QED) is 0.444. The van der Waals surface area contributed by atoms with Crippen molar-refractivity contribution >= 4 is 50.4 Å². The third-order valence-corrected chi connectivity index (χ3v) is 5.76. The number of carbonyl (C=O) groups is 1. The lowest BCUT2D eigenvalue weighted by molar-refractivity contribution is 0.0964. The highest BCUT2D eigenvalue weighted by Gasteiger charge is 2.23. The number of halogens is 3. The van der Waals surface area contributed by atoms with E-state index in [1.807, 2.05) is 22.7 Å².